The highest BCUT2D eigenvalue weighted by atomic mass is 32.2. The highest BCUT2D eigenvalue weighted by molar-refractivity contribution is 7.89. The van der Waals surface area contributed by atoms with Gasteiger partial charge in [0, 0.05) is 25.5 Å². The van der Waals surface area contributed by atoms with E-state index in [4.69, 9.17) is 0 Å². The van der Waals surface area contributed by atoms with Crippen molar-refractivity contribution in [2.24, 2.45) is 7.05 Å². The van der Waals surface area contributed by atoms with Gasteiger partial charge < -0.3 is 4.57 Å². The summed E-state index contributed by atoms with van der Waals surface area (Å²) in [6.07, 6.45) is 3.26. The first-order chi connectivity index (χ1) is 12.4. The van der Waals surface area contributed by atoms with Crippen LogP contribution in [0, 0.1) is 10.1 Å². The number of nitro groups is 1. The fourth-order valence-corrected chi connectivity index (χ4v) is 3.98. The molecule has 0 bridgehead atoms. The number of rotatable bonds is 6. The molecule has 0 amide bonds. The van der Waals surface area contributed by atoms with E-state index in [1.807, 2.05) is 6.07 Å². The molecule has 8 nitrogen and oxygen atoms in total. The first-order valence-corrected chi connectivity index (χ1v) is 9.16. The van der Waals surface area contributed by atoms with Crippen LogP contribution in [0.3, 0.4) is 0 Å². The zero-order valence-corrected chi connectivity index (χ0v) is 14.6. The second-order valence-corrected chi connectivity index (χ2v) is 7.27. The van der Waals surface area contributed by atoms with Gasteiger partial charge in [0.15, 0.2) is 4.90 Å². The van der Waals surface area contributed by atoms with Crippen LogP contribution in [0.4, 0.5) is 5.69 Å². The van der Waals surface area contributed by atoms with Crippen LogP contribution < -0.4 is 4.72 Å². The lowest BCUT2D eigenvalue weighted by Crippen LogP contribution is -2.31. The van der Waals surface area contributed by atoms with Gasteiger partial charge in [-0.05, 0) is 11.6 Å². The molecule has 0 aliphatic carbocycles. The van der Waals surface area contributed by atoms with Crippen LogP contribution in [0.5, 0.6) is 0 Å². The summed E-state index contributed by atoms with van der Waals surface area (Å²) in [5.41, 5.74) is 0.190. The van der Waals surface area contributed by atoms with E-state index in [9.17, 15) is 18.5 Å². The van der Waals surface area contributed by atoms with E-state index in [2.05, 4.69) is 9.71 Å². The molecule has 1 unspecified atom stereocenters. The average Bonchev–Trinajstić information content (AvgIpc) is 3.06. The van der Waals surface area contributed by atoms with Crippen LogP contribution in [-0.4, -0.2) is 22.9 Å². The first kappa shape index (κ1) is 17.8. The molecule has 1 heterocycles. The number of nitrogens with zero attached hydrogens (tertiary/aromatic N) is 3. The van der Waals surface area contributed by atoms with Crippen LogP contribution in [0.25, 0.3) is 0 Å². The van der Waals surface area contributed by atoms with Gasteiger partial charge in [-0.3, -0.25) is 10.1 Å². The fraction of sp³-hybridized carbons (Fsp3) is 0.118. The molecule has 2 aromatic carbocycles. The van der Waals surface area contributed by atoms with Crippen molar-refractivity contribution >= 4 is 15.7 Å². The molecular weight excluding hydrogens is 356 g/mol. The van der Waals surface area contributed by atoms with Crippen molar-refractivity contribution in [3.05, 3.63) is 88.5 Å². The second kappa shape index (κ2) is 7.06. The molecule has 0 aliphatic heterocycles. The predicted octanol–water partition coefficient (Wildman–Crippen LogP) is 2.40. The molecule has 0 aliphatic rings. The lowest BCUT2D eigenvalue weighted by Gasteiger charge is -2.19. The maximum Gasteiger partial charge on any atom is 0.289 e. The molecule has 0 fully saturated rings. The highest BCUT2D eigenvalue weighted by Gasteiger charge is 2.30. The van der Waals surface area contributed by atoms with E-state index >= 15 is 0 Å². The predicted molar refractivity (Wildman–Crippen MR) is 94.9 cm³/mol. The van der Waals surface area contributed by atoms with Crippen LogP contribution >= 0.6 is 0 Å². The molecule has 1 atom stereocenters. The Kier molecular flexibility index (Phi) is 4.83. The number of hydrogen-bond donors (Lipinski definition) is 1. The molecule has 1 N–H and O–H groups in total. The standard InChI is InChI=1S/C17H16N4O4S/c1-20-12-11-18-17(20)16(13-7-3-2-4-8-13)19-26(24,25)15-10-6-5-9-14(15)21(22)23/h2-12,16,19H,1H3. The van der Waals surface area contributed by atoms with Gasteiger partial charge in [0.2, 0.25) is 10.0 Å². The average molecular weight is 372 g/mol. The molecule has 3 aromatic rings. The number of aryl methyl sites for hydroxylation is 1. The van der Waals surface area contributed by atoms with Crippen LogP contribution in [0.15, 0.2) is 71.9 Å². The molecule has 134 valence electrons. The second-order valence-electron chi connectivity index (χ2n) is 5.59. The van der Waals surface area contributed by atoms with E-state index in [1.54, 1.807) is 48.3 Å². The van der Waals surface area contributed by atoms with E-state index in [-0.39, 0.29) is 4.90 Å². The van der Waals surface area contributed by atoms with Crippen molar-refractivity contribution in [1.82, 2.24) is 14.3 Å². The number of imidazole rings is 1. The molecule has 9 heteroatoms. The van der Waals surface area contributed by atoms with Gasteiger partial charge in [-0.25, -0.2) is 13.4 Å². The molecular formula is C17H16N4O4S. The third-order valence-corrected chi connectivity index (χ3v) is 5.34. The summed E-state index contributed by atoms with van der Waals surface area (Å²) in [7, 11) is -2.42. The van der Waals surface area contributed by atoms with E-state index in [0.717, 1.165) is 6.07 Å². The minimum atomic E-state index is -4.17. The summed E-state index contributed by atoms with van der Waals surface area (Å²) in [5.74, 6) is 0.471. The van der Waals surface area contributed by atoms with Gasteiger partial charge in [0.25, 0.3) is 5.69 Å². The number of hydrogen-bond acceptors (Lipinski definition) is 5. The topological polar surface area (TPSA) is 107 Å². The summed E-state index contributed by atoms with van der Waals surface area (Å²) in [4.78, 5) is 14.3. The SMILES string of the molecule is Cn1ccnc1C(NS(=O)(=O)c1ccccc1[N+](=O)[O-])c1ccccc1. The summed E-state index contributed by atoms with van der Waals surface area (Å²) < 4.78 is 30.0. The van der Waals surface area contributed by atoms with Gasteiger partial charge in [0.05, 0.1) is 4.92 Å². The molecule has 1 aromatic heterocycles. The molecule has 3 rings (SSSR count). The Hall–Kier alpha value is -3.04. The number of nitrogens with one attached hydrogen (secondary N) is 1. The zero-order chi connectivity index (χ0) is 18.7. The highest BCUT2D eigenvalue weighted by Crippen LogP contribution is 2.27. The Balaban J connectivity index is 2.08. The Morgan fingerprint density at radius 1 is 1.12 bits per heavy atom. The van der Waals surface area contributed by atoms with Crippen molar-refractivity contribution in [3.63, 3.8) is 0 Å². The zero-order valence-electron chi connectivity index (χ0n) is 13.8. The van der Waals surface area contributed by atoms with Gasteiger partial charge in [0.1, 0.15) is 11.9 Å². The monoisotopic (exact) mass is 372 g/mol. The van der Waals surface area contributed by atoms with Gasteiger partial charge in [-0.1, -0.05) is 42.5 Å². The largest absolute Gasteiger partial charge is 0.336 e. The summed E-state index contributed by atoms with van der Waals surface area (Å²) >= 11 is 0. The van der Waals surface area contributed by atoms with Gasteiger partial charge in [-0.2, -0.15) is 4.72 Å². The summed E-state index contributed by atoms with van der Waals surface area (Å²) in [6, 6.07) is 13.4. The number of nitro benzene ring substituents is 1. The molecule has 0 radical (unpaired) electrons. The molecule has 0 saturated heterocycles. The molecule has 0 spiro atoms. The van der Waals surface area contributed by atoms with Crippen molar-refractivity contribution in [2.45, 2.75) is 10.9 Å². The number of benzene rings is 2. The smallest absolute Gasteiger partial charge is 0.289 e. The van der Waals surface area contributed by atoms with Crippen molar-refractivity contribution in [2.75, 3.05) is 0 Å². The Morgan fingerprint density at radius 2 is 1.77 bits per heavy atom. The lowest BCUT2D eigenvalue weighted by molar-refractivity contribution is -0.387. The molecule has 26 heavy (non-hydrogen) atoms. The number of sulfonamides is 1. The number of para-hydroxylation sites is 1. The van der Waals surface area contributed by atoms with Crippen LogP contribution in [0.2, 0.25) is 0 Å². The van der Waals surface area contributed by atoms with Crippen LogP contribution in [0.1, 0.15) is 17.4 Å². The lowest BCUT2D eigenvalue weighted by atomic mass is 10.1. The molecule has 0 saturated carbocycles. The Bertz CT molecular complexity index is 1030. The third-order valence-electron chi connectivity index (χ3n) is 3.87. The quantitative estimate of drug-likeness (QED) is 0.528. The van der Waals surface area contributed by atoms with Crippen molar-refractivity contribution < 1.29 is 13.3 Å². The Labute approximate surface area is 150 Å². The minimum Gasteiger partial charge on any atom is -0.336 e. The maximum atomic E-state index is 12.9. The summed E-state index contributed by atoms with van der Waals surface area (Å²) in [6.45, 7) is 0. The summed E-state index contributed by atoms with van der Waals surface area (Å²) in [5, 5.41) is 11.2. The van der Waals surface area contributed by atoms with Crippen LogP contribution in [-0.2, 0) is 17.1 Å². The van der Waals surface area contributed by atoms with Crippen molar-refractivity contribution in [3.8, 4) is 0 Å². The van der Waals surface area contributed by atoms with E-state index in [1.165, 1.54) is 18.2 Å². The van der Waals surface area contributed by atoms with Gasteiger partial charge in [-0.15, -0.1) is 0 Å². The van der Waals surface area contributed by atoms with Crippen molar-refractivity contribution in [1.29, 1.82) is 0 Å². The Morgan fingerprint density at radius 3 is 2.38 bits per heavy atom. The first-order valence-electron chi connectivity index (χ1n) is 7.68. The third kappa shape index (κ3) is 3.48. The maximum absolute atomic E-state index is 12.9. The normalized spacial score (nSPS) is 12.7. The van der Waals surface area contributed by atoms with Gasteiger partial charge >= 0.3 is 0 Å². The fourth-order valence-electron chi connectivity index (χ4n) is 2.62. The van der Waals surface area contributed by atoms with E-state index in [0.29, 0.717) is 11.4 Å². The number of aromatic nitrogens is 2. The minimum absolute atomic E-state index is 0.389. The van der Waals surface area contributed by atoms with E-state index < -0.39 is 26.7 Å².